The molecule has 2 heterocycles. The van der Waals surface area contributed by atoms with E-state index in [1.54, 1.807) is 12.3 Å². The topological polar surface area (TPSA) is 117 Å². The third kappa shape index (κ3) is 3.76. The number of nitrogens with zero attached hydrogens (tertiary/aromatic N) is 3. The number of carbonyl (C=O) groups excluding carboxylic acids is 1. The first-order chi connectivity index (χ1) is 12.5. The molecular formula is C17H18FN5O3. The van der Waals surface area contributed by atoms with Gasteiger partial charge < -0.3 is 15.7 Å². The summed E-state index contributed by atoms with van der Waals surface area (Å²) >= 11 is 0. The average molecular weight is 359 g/mol. The van der Waals surface area contributed by atoms with Gasteiger partial charge in [-0.25, -0.2) is 14.4 Å². The predicted octanol–water partition coefficient (Wildman–Crippen LogP) is 1.36. The lowest BCUT2D eigenvalue weighted by Gasteiger charge is -2.41. The predicted molar refractivity (Wildman–Crippen MR) is 90.2 cm³/mol. The van der Waals surface area contributed by atoms with Gasteiger partial charge in [0, 0.05) is 30.6 Å². The molecule has 1 aliphatic rings. The molecule has 0 saturated heterocycles. The molecular weight excluding hydrogens is 341 g/mol. The number of hydrogen-bond acceptors (Lipinski definition) is 6. The van der Waals surface area contributed by atoms with E-state index in [-0.39, 0.29) is 16.8 Å². The molecule has 1 amide bonds. The Morgan fingerprint density at radius 3 is 2.54 bits per heavy atom. The molecule has 0 unspecified atom stereocenters. The first kappa shape index (κ1) is 17.7. The summed E-state index contributed by atoms with van der Waals surface area (Å²) in [5.41, 5.74) is 0.223. The summed E-state index contributed by atoms with van der Waals surface area (Å²) in [5.74, 6) is -1.71. The van der Waals surface area contributed by atoms with Crippen LogP contribution in [-0.2, 0) is 10.2 Å². The first-order valence-electron chi connectivity index (χ1n) is 8.17. The smallest absolute Gasteiger partial charge is 0.322 e. The van der Waals surface area contributed by atoms with E-state index in [0.29, 0.717) is 18.2 Å². The minimum Gasteiger partial charge on any atom is -0.480 e. The SMILES string of the molecule is O=C(O)CNC(=O)c1cnc(NCC2(c3ncccc3F)CCC2)nc1. The average Bonchev–Trinajstić information content (AvgIpc) is 2.60. The summed E-state index contributed by atoms with van der Waals surface area (Å²) < 4.78 is 14.1. The number of rotatable bonds is 7. The van der Waals surface area contributed by atoms with Crippen LogP contribution in [0.2, 0.25) is 0 Å². The number of carboxylic acids is 1. The van der Waals surface area contributed by atoms with Gasteiger partial charge >= 0.3 is 5.97 Å². The first-order valence-corrected chi connectivity index (χ1v) is 8.17. The van der Waals surface area contributed by atoms with Crippen molar-refractivity contribution in [1.29, 1.82) is 0 Å². The second-order valence-electron chi connectivity index (χ2n) is 6.19. The maximum Gasteiger partial charge on any atom is 0.322 e. The van der Waals surface area contributed by atoms with E-state index in [2.05, 4.69) is 25.6 Å². The van der Waals surface area contributed by atoms with Crippen molar-refractivity contribution in [1.82, 2.24) is 20.3 Å². The number of anilines is 1. The summed E-state index contributed by atoms with van der Waals surface area (Å²) in [6.45, 7) is -0.0392. The molecule has 3 rings (SSSR count). The van der Waals surface area contributed by atoms with Gasteiger partial charge in [-0.1, -0.05) is 6.42 Å². The fourth-order valence-electron chi connectivity index (χ4n) is 2.92. The maximum absolute atomic E-state index is 14.1. The Bertz CT molecular complexity index is 808. The minimum absolute atomic E-state index is 0.158. The van der Waals surface area contributed by atoms with Crippen LogP contribution in [0.15, 0.2) is 30.7 Å². The van der Waals surface area contributed by atoms with Crippen LogP contribution in [0.25, 0.3) is 0 Å². The van der Waals surface area contributed by atoms with E-state index >= 15 is 0 Å². The molecule has 2 aromatic heterocycles. The summed E-state index contributed by atoms with van der Waals surface area (Å²) in [5, 5.41) is 13.9. The van der Waals surface area contributed by atoms with Crippen LogP contribution in [0.4, 0.5) is 10.3 Å². The van der Waals surface area contributed by atoms with Gasteiger partial charge in [0.1, 0.15) is 12.4 Å². The molecule has 1 fully saturated rings. The lowest BCUT2D eigenvalue weighted by molar-refractivity contribution is -0.135. The fourth-order valence-corrected chi connectivity index (χ4v) is 2.92. The van der Waals surface area contributed by atoms with Gasteiger partial charge in [-0.15, -0.1) is 0 Å². The largest absolute Gasteiger partial charge is 0.480 e. The summed E-state index contributed by atoms with van der Waals surface area (Å²) in [4.78, 5) is 34.5. The lowest BCUT2D eigenvalue weighted by Crippen LogP contribution is -2.42. The fraction of sp³-hybridized carbons (Fsp3) is 0.353. The number of pyridine rings is 1. The van der Waals surface area contributed by atoms with E-state index in [0.717, 1.165) is 19.3 Å². The van der Waals surface area contributed by atoms with Crippen molar-refractivity contribution in [2.45, 2.75) is 24.7 Å². The molecule has 26 heavy (non-hydrogen) atoms. The van der Waals surface area contributed by atoms with Gasteiger partial charge in [0.15, 0.2) is 0 Å². The van der Waals surface area contributed by atoms with Crippen LogP contribution in [0.1, 0.15) is 35.3 Å². The highest BCUT2D eigenvalue weighted by Crippen LogP contribution is 2.43. The number of aromatic nitrogens is 3. The molecule has 0 spiro atoms. The van der Waals surface area contributed by atoms with Crippen LogP contribution in [0.5, 0.6) is 0 Å². The quantitative estimate of drug-likeness (QED) is 0.683. The molecule has 0 atom stereocenters. The number of hydrogen-bond donors (Lipinski definition) is 3. The van der Waals surface area contributed by atoms with E-state index in [9.17, 15) is 14.0 Å². The molecule has 9 heteroatoms. The molecule has 0 radical (unpaired) electrons. The monoisotopic (exact) mass is 359 g/mol. The van der Waals surface area contributed by atoms with E-state index in [1.807, 2.05) is 0 Å². The van der Waals surface area contributed by atoms with Gasteiger partial charge in [0.05, 0.1) is 11.3 Å². The van der Waals surface area contributed by atoms with Crippen LogP contribution >= 0.6 is 0 Å². The highest BCUT2D eigenvalue weighted by molar-refractivity contribution is 5.95. The second-order valence-corrected chi connectivity index (χ2v) is 6.19. The zero-order valence-electron chi connectivity index (χ0n) is 13.9. The standard InChI is InChI=1S/C17H18FN5O3/c18-12-3-1-6-19-14(12)17(4-2-5-17)10-23-16-21-7-11(8-22-16)15(26)20-9-13(24)25/h1,3,6-8H,2,4-5,9-10H2,(H,20,26)(H,24,25)(H,21,22,23). The van der Waals surface area contributed by atoms with Gasteiger partial charge in [0.25, 0.3) is 5.91 Å². The van der Waals surface area contributed by atoms with Crippen molar-refractivity contribution >= 4 is 17.8 Å². The highest BCUT2D eigenvalue weighted by Gasteiger charge is 2.41. The van der Waals surface area contributed by atoms with Crippen LogP contribution in [0.3, 0.4) is 0 Å². The molecule has 136 valence electrons. The third-order valence-electron chi connectivity index (χ3n) is 4.47. The highest BCUT2D eigenvalue weighted by atomic mass is 19.1. The second kappa shape index (κ2) is 7.42. The van der Waals surface area contributed by atoms with E-state index in [1.165, 1.54) is 18.5 Å². The number of amides is 1. The van der Waals surface area contributed by atoms with E-state index < -0.39 is 18.4 Å². The van der Waals surface area contributed by atoms with Crippen molar-refractivity contribution in [3.63, 3.8) is 0 Å². The third-order valence-corrected chi connectivity index (χ3v) is 4.47. The maximum atomic E-state index is 14.1. The van der Waals surface area contributed by atoms with E-state index in [4.69, 9.17) is 5.11 Å². The molecule has 1 saturated carbocycles. The van der Waals surface area contributed by atoms with Crippen molar-refractivity contribution in [3.8, 4) is 0 Å². The Labute approximate surface area is 148 Å². The Morgan fingerprint density at radius 2 is 1.96 bits per heavy atom. The molecule has 8 nitrogen and oxygen atoms in total. The van der Waals surface area contributed by atoms with Gasteiger partial charge in [-0.05, 0) is 25.0 Å². The molecule has 0 aliphatic heterocycles. The van der Waals surface area contributed by atoms with Gasteiger partial charge in [-0.2, -0.15) is 0 Å². The Balaban J connectivity index is 1.63. The van der Waals surface area contributed by atoms with Crippen molar-refractivity contribution in [3.05, 3.63) is 47.8 Å². The zero-order valence-corrected chi connectivity index (χ0v) is 13.9. The summed E-state index contributed by atoms with van der Waals surface area (Å²) in [6.07, 6.45) is 6.84. The number of aliphatic carboxylic acids is 1. The molecule has 2 aromatic rings. The Morgan fingerprint density at radius 1 is 1.23 bits per heavy atom. The van der Waals surface area contributed by atoms with Crippen molar-refractivity contribution in [2.24, 2.45) is 0 Å². The molecule has 1 aliphatic carbocycles. The van der Waals surface area contributed by atoms with Gasteiger partial charge in [0.2, 0.25) is 5.95 Å². The zero-order chi connectivity index (χ0) is 18.6. The van der Waals surface area contributed by atoms with Crippen molar-refractivity contribution < 1.29 is 19.1 Å². The van der Waals surface area contributed by atoms with Crippen LogP contribution in [-0.4, -0.2) is 45.0 Å². The number of halogens is 1. The summed E-state index contributed by atoms with van der Waals surface area (Å²) in [7, 11) is 0. The Hall–Kier alpha value is -3.10. The normalized spacial score (nSPS) is 15.0. The van der Waals surface area contributed by atoms with Crippen molar-refractivity contribution in [2.75, 3.05) is 18.4 Å². The number of nitrogens with one attached hydrogen (secondary N) is 2. The molecule has 0 aromatic carbocycles. The van der Waals surface area contributed by atoms with Gasteiger partial charge in [-0.3, -0.25) is 14.6 Å². The minimum atomic E-state index is -1.13. The molecule has 3 N–H and O–H groups in total. The van der Waals surface area contributed by atoms with Crippen LogP contribution < -0.4 is 10.6 Å². The Kier molecular flexibility index (Phi) is 5.06. The molecule has 0 bridgehead atoms. The number of carbonyl (C=O) groups is 2. The van der Waals surface area contributed by atoms with Crippen LogP contribution in [0, 0.1) is 5.82 Å². The number of carboxylic acid groups (broad SMARTS) is 1. The summed E-state index contributed by atoms with van der Waals surface area (Å²) in [6, 6.07) is 2.97. The lowest BCUT2D eigenvalue weighted by atomic mass is 9.66.